The molecule has 1 spiro atoms. The molecule has 3 fully saturated rings. The zero-order valence-electron chi connectivity index (χ0n) is 12.6. The summed E-state index contributed by atoms with van der Waals surface area (Å²) in [5.74, 6) is 0. The second-order valence-electron chi connectivity index (χ2n) is 7.34. The molecule has 1 aliphatic carbocycles. The Labute approximate surface area is 119 Å². The molecule has 1 unspecified atom stereocenters. The molecule has 19 heavy (non-hydrogen) atoms. The fourth-order valence-electron chi connectivity index (χ4n) is 4.61. The lowest BCUT2D eigenvalue weighted by Crippen LogP contribution is -2.40. The number of piperidine rings is 2. The lowest BCUT2D eigenvalue weighted by Gasteiger charge is -2.39. The van der Waals surface area contributed by atoms with Gasteiger partial charge in [-0.2, -0.15) is 0 Å². The SMILES string of the molecule is C1CCC(CCCN2CCC3(CCCC3)CC2)NC1. The van der Waals surface area contributed by atoms with Crippen molar-refractivity contribution in [2.75, 3.05) is 26.2 Å². The smallest absolute Gasteiger partial charge is 0.00675 e. The number of hydrogen-bond donors (Lipinski definition) is 1. The van der Waals surface area contributed by atoms with Crippen molar-refractivity contribution in [3.8, 4) is 0 Å². The molecular weight excluding hydrogens is 232 g/mol. The molecule has 1 atom stereocenters. The molecule has 1 saturated carbocycles. The Kier molecular flexibility index (Phi) is 4.81. The number of likely N-dealkylation sites (tertiary alicyclic amines) is 1. The summed E-state index contributed by atoms with van der Waals surface area (Å²) in [6, 6.07) is 0.833. The number of hydrogen-bond acceptors (Lipinski definition) is 2. The predicted octanol–water partition coefficient (Wildman–Crippen LogP) is 3.56. The maximum atomic E-state index is 3.68. The molecule has 2 saturated heterocycles. The number of rotatable bonds is 4. The van der Waals surface area contributed by atoms with Crippen LogP contribution in [-0.4, -0.2) is 37.1 Å². The predicted molar refractivity (Wildman–Crippen MR) is 81.5 cm³/mol. The van der Waals surface area contributed by atoms with Crippen LogP contribution in [-0.2, 0) is 0 Å². The molecule has 2 aliphatic heterocycles. The van der Waals surface area contributed by atoms with Crippen LogP contribution in [0.1, 0.15) is 70.6 Å². The largest absolute Gasteiger partial charge is 0.314 e. The van der Waals surface area contributed by atoms with E-state index in [1.165, 1.54) is 96.8 Å². The van der Waals surface area contributed by atoms with Gasteiger partial charge in [-0.15, -0.1) is 0 Å². The van der Waals surface area contributed by atoms with E-state index < -0.39 is 0 Å². The summed E-state index contributed by atoms with van der Waals surface area (Å²) in [4.78, 5) is 2.74. The number of nitrogens with one attached hydrogen (secondary N) is 1. The van der Waals surface area contributed by atoms with Gasteiger partial charge in [0.25, 0.3) is 0 Å². The van der Waals surface area contributed by atoms with Crippen molar-refractivity contribution in [1.82, 2.24) is 10.2 Å². The van der Waals surface area contributed by atoms with E-state index in [-0.39, 0.29) is 0 Å². The van der Waals surface area contributed by atoms with E-state index in [9.17, 15) is 0 Å². The zero-order valence-corrected chi connectivity index (χ0v) is 12.6. The summed E-state index contributed by atoms with van der Waals surface area (Å²) < 4.78 is 0. The molecule has 3 aliphatic rings. The summed E-state index contributed by atoms with van der Waals surface area (Å²) >= 11 is 0. The molecule has 0 aromatic carbocycles. The third-order valence-electron chi connectivity index (χ3n) is 6.02. The van der Waals surface area contributed by atoms with E-state index in [1.807, 2.05) is 0 Å². The lowest BCUT2D eigenvalue weighted by molar-refractivity contribution is 0.106. The van der Waals surface area contributed by atoms with Crippen LogP contribution in [0.5, 0.6) is 0 Å². The highest BCUT2D eigenvalue weighted by molar-refractivity contribution is 4.89. The van der Waals surface area contributed by atoms with Crippen LogP contribution in [0.3, 0.4) is 0 Å². The average Bonchev–Trinajstić information content (AvgIpc) is 2.91. The van der Waals surface area contributed by atoms with E-state index in [2.05, 4.69) is 10.2 Å². The van der Waals surface area contributed by atoms with Crippen molar-refractivity contribution < 1.29 is 0 Å². The van der Waals surface area contributed by atoms with E-state index in [0.29, 0.717) is 0 Å². The Morgan fingerprint density at radius 3 is 2.42 bits per heavy atom. The van der Waals surface area contributed by atoms with Gasteiger partial charge in [0, 0.05) is 6.04 Å². The molecule has 110 valence electrons. The number of nitrogens with zero attached hydrogens (tertiary/aromatic N) is 1. The van der Waals surface area contributed by atoms with Crippen molar-refractivity contribution in [3.05, 3.63) is 0 Å². The molecule has 2 heterocycles. The minimum Gasteiger partial charge on any atom is -0.314 e. The van der Waals surface area contributed by atoms with Crippen LogP contribution in [0.2, 0.25) is 0 Å². The zero-order chi connectivity index (χ0) is 13.0. The first kappa shape index (κ1) is 13.9. The monoisotopic (exact) mass is 264 g/mol. The highest BCUT2D eigenvalue weighted by atomic mass is 15.1. The molecule has 2 heteroatoms. The van der Waals surface area contributed by atoms with Crippen LogP contribution in [0.25, 0.3) is 0 Å². The third-order valence-corrected chi connectivity index (χ3v) is 6.02. The van der Waals surface area contributed by atoms with Gasteiger partial charge in [0.2, 0.25) is 0 Å². The first-order valence-corrected chi connectivity index (χ1v) is 8.82. The van der Waals surface area contributed by atoms with E-state index in [1.54, 1.807) is 0 Å². The summed E-state index contributed by atoms with van der Waals surface area (Å²) in [5.41, 5.74) is 0.793. The summed E-state index contributed by atoms with van der Waals surface area (Å²) in [6.07, 6.45) is 16.1. The average molecular weight is 264 g/mol. The maximum Gasteiger partial charge on any atom is 0.00675 e. The summed E-state index contributed by atoms with van der Waals surface area (Å²) in [5, 5.41) is 3.68. The van der Waals surface area contributed by atoms with Crippen LogP contribution < -0.4 is 5.32 Å². The Morgan fingerprint density at radius 1 is 0.947 bits per heavy atom. The van der Waals surface area contributed by atoms with Gasteiger partial charge in [0.15, 0.2) is 0 Å². The van der Waals surface area contributed by atoms with Crippen LogP contribution >= 0.6 is 0 Å². The van der Waals surface area contributed by atoms with Crippen molar-refractivity contribution in [3.63, 3.8) is 0 Å². The van der Waals surface area contributed by atoms with Gasteiger partial charge >= 0.3 is 0 Å². The quantitative estimate of drug-likeness (QED) is 0.835. The van der Waals surface area contributed by atoms with Gasteiger partial charge in [-0.05, 0) is 83.0 Å². The normalized spacial score (nSPS) is 31.9. The fourth-order valence-corrected chi connectivity index (χ4v) is 4.61. The Balaban J connectivity index is 1.31. The maximum absolute atomic E-state index is 3.68. The second kappa shape index (κ2) is 6.58. The molecule has 0 amide bonds. The summed E-state index contributed by atoms with van der Waals surface area (Å²) in [6.45, 7) is 5.39. The standard InChI is InChI=1S/C17H32N2/c1-4-12-18-16(6-1)7-5-13-19-14-10-17(11-15-19)8-2-3-9-17/h16,18H,1-15H2. The lowest BCUT2D eigenvalue weighted by atomic mass is 9.77. The van der Waals surface area contributed by atoms with Crippen molar-refractivity contribution in [2.24, 2.45) is 5.41 Å². The van der Waals surface area contributed by atoms with Gasteiger partial charge in [-0.3, -0.25) is 0 Å². The molecule has 0 bridgehead atoms. The minimum absolute atomic E-state index is 0.793. The van der Waals surface area contributed by atoms with E-state index in [4.69, 9.17) is 0 Å². The first-order valence-electron chi connectivity index (χ1n) is 8.82. The van der Waals surface area contributed by atoms with Crippen LogP contribution in [0, 0.1) is 5.41 Å². The van der Waals surface area contributed by atoms with E-state index >= 15 is 0 Å². The molecule has 3 rings (SSSR count). The van der Waals surface area contributed by atoms with E-state index in [0.717, 1.165) is 11.5 Å². The highest BCUT2D eigenvalue weighted by Gasteiger charge is 2.36. The van der Waals surface area contributed by atoms with Crippen molar-refractivity contribution in [1.29, 1.82) is 0 Å². The van der Waals surface area contributed by atoms with Gasteiger partial charge in [-0.1, -0.05) is 19.3 Å². The van der Waals surface area contributed by atoms with Gasteiger partial charge in [-0.25, -0.2) is 0 Å². The molecule has 2 nitrogen and oxygen atoms in total. The fraction of sp³-hybridized carbons (Fsp3) is 1.00. The molecular formula is C17H32N2. The van der Waals surface area contributed by atoms with Gasteiger partial charge in [0.05, 0.1) is 0 Å². The molecule has 0 aromatic heterocycles. The van der Waals surface area contributed by atoms with Gasteiger partial charge < -0.3 is 10.2 Å². The van der Waals surface area contributed by atoms with Crippen molar-refractivity contribution >= 4 is 0 Å². The minimum atomic E-state index is 0.793. The second-order valence-corrected chi connectivity index (χ2v) is 7.34. The molecule has 0 aromatic rings. The van der Waals surface area contributed by atoms with Crippen LogP contribution in [0.4, 0.5) is 0 Å². The third kappa shape index (κ3) is 3.72. The molecule has 0 radical (unpaired) electrons. The Bertz CT molecular complexity index is 254. The highest BCUT2D eigenvalue weighted by Crippen LogP contribution is 2.46. The molecule has 1 N–H and O–H groups in total. The van der Waals surface area contributed by atoms with Crippen LogP contribution in [0.15, 0.2) is 0 Å². The topological polar surface area (TPSA) is 15.3 Å². The first-order chi connectivity index (χ1) is 9.36. The van der Waals surface area contributed by atoms with Crippen molar-refractivity contribution in [2.45, 2.75) is 76.7 Å². The Hall–Kier alpha value is -0.0800. The van der Waals surface area contributed by atoms with Gasteiger partial charge in [0.1, 0.15) is 0 Å². The Morgan fingerprint density at radius 2 is 1.74 bits per heavy atom. The summed E-state index contributed by atoms with van der Waals surface area (Å²) in [7, 11) is 0.